The molecule has 0 amide bonds. The van der Waals surface area contributed by atoms with Crippen LogP contribution in [0, 0.1) is 17.8 Å². The van der Waals surface area contributed by atoms with Crippen molar-refractivity contribution in [1.29, 1.82) is 0 Å². The van der Waals surface area contributed by atoms with Gasteiger partial charge in [0.1, 0.15) is 0 Å². The van der Waals surface area contributed by atoms with Gasteiger partial charge in [-0.3, -0.25) is 4.39 Å². The summed E-state index contributed by atoms with van der Waals surface area (Å²) in [4.78, 5) is 0. The molecule has 1 saturated heterocycles. The van der Waals surface area contributed by atoms with E-state index in [-0.39, 0.29) is 6.67 Å². The molecule has 0 spiro atoms. The van der Waals surface area contributed by atoms with Gasteiger partial charge in [-0.25, -0.2) is 0 Å². The molecule has 2 aliphatic rings. The third-order valence-electron chi connectivity index (χ3n) is 2.45. The van der Waals surface area contributed by atoms with Gasteiger partial charge >= 0.3 is 0 Å². The Balaban J connectivity index is 1.94. The number of hydrogen-bond acceptors (Lipinski definition) is 1. The highest BCUT2D eigenvalue weighted by atomic mass is 19.1. The minimum Gasteiger partial charge on any atom is -0.316 e. The number of halogens is 1. The Bertz CT molecular complexity index is 87.9. The van der Waals surface area contributed by atoms with Crippen molar-refractivity contribution in [3.05, 3.63) is 0 Å². The number of alkyl halides is 1. The second-order valence-corrected chi connectivity index (χ2v) is 2.80. The van der Waals surface area contributed by atoms with Gasteiger partial charge in [-0.05, 0) is 30.8 Å². The Morgan fingerprint density at radius 3 is 2.38 bits per heavy atom. The predicted octanol–water partition coefficient (Wildman–Crippen LogP) is 0.421. The van der Waals surface area contributed by atoms with Crippen molar-refractivity contribution < 1.29 is 4.39 Å². The third kappa shape index (κ3) is 0.440. The zero-order valence-corrected chi connectivity index (χ0v) is 4.73. The lowest BCUT2D eigenvalue weighted by atomic mass is 10.3. The minimum atomic E-state index is -0.0863. The lowest BCUT2D eigenvalue weighted by molar-refractivity contribution is 0.413. The fraction of sp³-hybridized carbons (Fsp3) is 1.00. The highest BCUT2D eigenvalue weighted by Crippen LogP contribution is 2.48. The summed E-state index contributed by atoms with van der Waals surface area (Å²) in [7, 11) is 0. The normalized spacial score (nSPS) is 51.4. The van der Waals surface area contributed by atoms with Gasteiger partial charge in [0.25, 0.3) is 0 Å². The smallest absolute Gasteiger partial charge is 0.0929 e. The molecule has 1 heterocycles. The fourth-order valence-corrected chi connectivity index (χ4v) is 1.78. The molecule has 0 aromatic carbocycles. The van der Waals surface area contributed by atoms with Gasteiger partial charge in [0.05, 0.1) is 6.67 Å². The maximum atomic E-state index is 11.9. The van der Waals surface area contributed by atoms with E-state index in [1.165, 1.54) is 0 Å². The zero-order valence-electron chi connectivity index (χ0n) is 4.73. The largest absolute Gasteiger partial charge is 0.316 e. The molecule has 8 heavy (non-hydrogen) atoms. The lowest BCUT2D eigenvalue weighted by Crippen LogP contribution is -2.15. The standard InChI is InChI=1S/C6H10FN/c7-1-4-5-2-8-3-6(4)5/h4-6,8H,1-3H2/t5-,6-/m0/s1. The van der Waals surface area contributed by atoms with E-state index in [1.54, 1.807) is 0 Å². The number of rotatable bonds is 1. The van der Waals surface area contributed by atoms with Crippen molar-refractivity contribution >= 4 is 0 Å². The van der Waals surface area contributed by atoms with E-state index < -0.39 is 0 Å². The molecule has 46 valence electrons. The van der Waals surface area contributed by atoms with E-state index in [1.807, 2.05) is 0 Å². The Morgan fingerprint density at radius 1 is 1.38 bits per heavy atom. The van der Waals surface area contributed by atoms with Crippen molar-refractivity contribution in [2.24, 2.45) is 17.8 Å². The molecule has 0 aromatic heterocycles. The van der Waals surface area contributed by atoms with Gasteiger partial charge in [-0.1, -0.05) is 0 Å². The highest BCUT2D eigenvalue weighted by molar-refractivity contribution is 5.03. The molecule has 2 atom stereocenters. The molecule has 0 bridgehead atoms. The Morgan fingerprint density at radius 2 is 2.00 bits per heavy atom. The SMILES string of the molecule is FCC1[C@@H]2CNC[C@@H]12. The second kappa shape index (κ2) is 1.44. The topological polar surface area (TPSA) is 12.0 Å². The summed E-state index contributed by atoms with van der Waals surface area (Å²) < 4.78 is 11.9. The van der Waals surface area contributed by atoms with Crippen LogP contribution in [-0.2, 0) is 0 Å². The van der Waals surface area contributed by atoms with Gasteiger partial charge in [-0.15, -0.1) is 0 Å². The summed E-state index contributed by atoms with van der Waals surface area (Å²) in [5, 5.41) is 3.22. The molecule has 0 aromatic rings. The van der Waals surface area contributed by atoms with Crippen LogP contribution in [0.15, 0.2) is 0 Å². The first-order valence-electron chi connectivity index (χ1n) is 3.20. The van der Waals surface area contributed by atoms with E-state index in [4.69, 9.17) is 0 Å². The van der Waals surface area contributed by atoms with Crippen LogP contribution in [-0.4, -0.2) is 19.8 Å². The number of nitrogens with one attached hydrogen (secondary N) is 1. The second-order valence-electron chi connectivity index (χ2n) is 2.80. The Labute approximate surface area is 48.3 Å². The molecule has 1 aliphatic carbocycles. The quantitative estimate of drug-likeness (QED) is 0.522. The molecule has 2 heteroatoms. The van der Waals surface area contributed by atoms with E-state index >= 15 is 0 Å². The molecule has 0 radical (unpaired) electrons. The van der Waals surface area contributed by atoms with Crippen molar-refractivity contribution in [2.45, 2.75) is 0 Å². The fourth-order valence-electron chi connectivity index (χ4n) is 1.78. The number of fused-ring (bicyclic) bond motifs is 1. The monoisotopic (exact) mass is 115 g/mol. The van der Waals surface area contributed by atoms with Gasteiger partial charge in [0.2, 0.25) is 0 Å². The molecule has 1 aliphatic heterocycles. The summed E-state index contributed by atoms with van der Waals surface area (Å²) in [6.45, 7) is 2.05. The van der Waals surface area contributed by atoms with Crippen LogP contribution in [0.2, 0.25) is 0 Å². The van der Waals surface area contributed by atoms with Gasteiger partial charge in [-0.2, -0.15) is 0 Å². The van der Waals surface area contributed by atoms with E-state index in [2.05, 4.69) is 5.32 Å². The molecule has 1 saturated carbocycles. The number of hydrogen-bond donors (Lipinski definition) is 1. The van der Waals surface area contributed by atoms with Gasteiger partial charge < -0.3 is 5.32 Å². The molecule has 2 rings (SSSR count). The predicted molar refractivity (Wildman–Crippen MR) is 29.3 cm³/mol. The van der Waals surface area contributed by atoms with E-state index in [9.17, 15) is 4.39 Å². The summed E-state index contributed by atoms with van der Waals surface area (Å²) in [5.41, 5.74) is 0. The summed E-state index contributed by atoms with van der Waals surface area (Å²) >= 11 is 0. The van der Waals surface area contributed by atoms with Crippen molar-refractivity contribution in [2.75, 3.05) is 19.8 Å². The summed E-state index contributed by atoms with van der Waals surface area (Å²) in [6, 6.07) is 0. The molecular formula is C6H10FN. The molecule has 1 nitrogen and oxygen atoms in total. The van der Waals surface area contributed by atoms with Gasteiger partial charge in [0.15, 0.2) is 0 Å². The maximum Gasteiger partial charge on any atom is 0.0929 e. The summed E-state index contributed by atoms with van der Waals surface area (Å²) in [6.07, 6.45) is 0. The van der Waals surface area contributed by atoms with E-state index in [0.717, 1.165) is 13.1 Å². The van der Waals surface area contributed by atoms with E-state index in [0.29, 0.717) is 17.8 Å². The van der Waals surface area contributed by atoms with Gasteiger partial charge in [0, 0.05) is 0 Å². The van der Waals surface area contributed by atoms with Crippen LogP contribution in [0.25, 0.3) is 0 Å². The Hall–Kier alpha value is -0.110. The van der Waals surface area contributed by atoms with Crippen molar-refractivity contribution in [3.63, 3.8) is 0 Å². The van der Waals surface area contributed by atoms with Crippen molar-refractivity contribution in [3.8, 4) is 0 Å². The minimum absolute atomic E-state index is 0.0863. The zero-order chi connectivity index (χ0) is 5.56. The highest BCUT2D eigenvalue weighted by Gasteiger charge is 2.52. The average molecular weight is 115 g/mol. The Kier molecular flexibility index (Phi) is 0.852. The first-order valence-corrected chi connectivity index (χ1v) is 3.20. The van der Waals surface area contributed by atoms with Crippen LogP contribution in [0.1, 0.15) is 0 Å². The first kappa shape index (κ1) is 4.74. The third-order valence-corrected chi connectivity index (χ3v) is 2.45. The molecule has 1 N–H and O–H groups in total. The molecule has 0 unspecified atom stereocenters. The average Bonchev–Trinajstić information content (AvgIpc) is 2.22. The van der Waals surface area contributed by atoms with Crippen LogP contribution < -0.4 is 5.32 Å². The lowest BCUT2D eigenvalue weighted by Gasteiger charge is -1.96. The molecular weight excluding hydrogens is 105 g/mol. The van der Waals surface area contributed by atoms with Crippen LogP contribution in [0.4, 0.5) is 4.39 Å². The number of piperidine rings is 1. The first-order chi connectivity index (χ1) is 3.93. The molecule has 2 fully saturated rings. The summed E-state index contributed by atoms with van der Waals surface area (Å²) in [5.74, 6) is 1.86. The van der Waals surface area contributed by atoms with Crippen molar-refractivity contribution in [1.82, 2.24) is 5.32 Å². The van der Waals surface area contributed by atoms with Crippen LogP contribution in [0.5, 0.6) is 0 Å². The van der Waals surface area contributed by atoms with Crippen LogP contribution >= 0.6 is 0 Å². The van der Waals surface area contributed by atoms with Crippen LogP contribution in [0.3, 0.4) is 0 Å². The maximum absolute atomic E-state index is 11.9.